The van der Waals surface area contributed by atoms with Gasteiger partial charge in [-0.2, -0.15) is 0 Å². The Bertz CT molecular complexity index is 681. The number of hydrogen-bond donors (Lipinski definition) is 0. The van der Waals surface area contributed by atoms with Crippen molar-refractivity contribution in [2.24, 2.45) is 11.3 Å². The molecule has 2 saturated heterocycles. The lowest BCUT2D eigenvalue weighted by atomic mass is 9.78. The summed E-state index contributed by atoms with van der Waals surface area (Å²) >= 11 is 0. The summed E-state index contributed by atoms with van der Waals surface area (Å²) in [7, 11) is 0. The summed E-state index contributed by atoms with van der Waals surface area (Å²) in [5.74, 6) is 2.24. The molecule has 0 bridgehead atoms. The Balaban J connectivity index is 1.34. The highest BCUT2D eigenvalue weighted by atomic mass is 16.2. The Morgan fingerprint density at radius 1 is 1.31 bits per heavy atom. The number of imidazole rings is 1. The first-order chi connectivity index (χ1) is 12.6. The zero-order chi connectivity index (χ0) is 18.1. The maximum atomic E-state index is 13.1. The van der Waals surface area contributed by atoms with Gasteiger partial charge in [0.05, 0.1) is 5.41 Å². The van der Waals surface area contributed by atoms with Crippen LogP contribution in [0.25, 0.3) is 0 Å². The van der Waals surface area contributed by atoms with E-state index in [0.29, 0.717) is 25.4 Å². The van der Waals surface area contributed by atoms with Crippen molar-refractivity contribution in [1.29, 1.82) is 0 Å². The second-order valence-corrected chi connectivity index (χ2v) is 8.28. The van der Waals surface area contributed by atoms with Crippen LogP contribution in [0.15, 0.2) is 12.4 Å². The summed E-state index contributed by atoms with van der Waals surface area (Å²) in [6.07, 6.45) is 10.5. The van der Waals surface area contributed by atoms with Crippen molar-refractivity contribution in [3.05, 3.63) is 18.2 Å². The van der Waals surface area contributed by atoms with E-state index in [1.54, 1.807) is 6.20 Å². The average molecular weight is 358 g/mol. The fourth-order valence-electron chi connectivity index (χ4n) is 4.63. The van der Waals surface area contributed by atoms with Crippen molar-refractivity contribution in [3.63, 3.8) is 0 Å². The summed E-state index contributed by atoms with van der Waals surface area (Å²) in [4.78, 5) is 34.1. The van der Waals surface area contributed by atoms with Gasteiger partial charge < -0.3 is 14.4 Å². The van der Waals surface area contributed by atoms with Crippen LogP contribution < -0.4 is 0 Å². The molecule has 3 heterocycles. The van der Waals surface area contributed by atoms with Gasteiger partial charge >= 0.3 is 0 Å². The second kappa shape index (κ2) is 7.05. The maximum Gasteiger partial charge on any atom is 0.230 e. The third-order valence-electron chi connectivity index (χ3n) is 6.39. The predicted molar refractivity (Wildman–Crippen MR) is 98.4 cm³/mol. The summed E-state index contributed by atoms with van der Waals surface area (Å²) in [5, 5.41) is 0. The topological polar surface area (TPSA) is 58.4 Å². The number of carbonyl (C=O) groups is 2. The number of aryl methyl sites for hydroxylation is 2. The molecule has 0 N–H and O–H groups in total. The van der Waals surface area contributed by atoms with E-state index in [-0.39, 0.29) is 11.3 Å². The van der Waals surface area contributed by atoms with Gasteiger partial charge in [0, 0.05) is 58.0 Å². The monoisotopic (exact) mass is 358 g/mol. The molecule has 3 fully saturated rings. The first-order valence-electron chi connectivity index (χ1n) is 10.2. The van der Waals surface area contributed by atoms with Crippen molar-refractivity contribution in [3.8, 4) is 0 Å². The summed E-state index contributed by atoms with van der Waals surface area (Å²) in [6, 6.07) is 0. The Morgan fingerprint density at radius 2 is 2.15 bits per heavy atom. The highest BCUT2D eigenvalue weighted by Gasteiger charge is 2.49. The molecule has 0 radical (unpaired) electrons. The number of hydrogen-bond acceptors (Lipinski definition) is 3. The van der Waals surface area contributed by atoms with E-state index in [4.69, 9.17) is 0 Å². The van der Waals surface area contributed by atoms with Gasteiger partial charge in [0.25, 0.3) is 0 Å². The highest BCUT2D eigenvalue weighted by Crippen LogP contribution is 2.41. The first-order valence-corrected chi connectivity index (χ1v) is 10.2. The maximum absolute atomic E-state index is 13.1. The normalized spacial score (nSPS) is 26.1. The molecule has 1 spiro atoms. The molecular weight excluding hydrogens is 328 g/mol. The SMILES string of the molecule is CCc1nccn1CCC(=O)N1CC[C@@]2(CCCN(CC3CC3)C2=O)C1. The number of nitrogens with zero attached hydrogens (tertiary/aromatic N) is 4. The molecule has 6 nitrogen and oxygen atoms in total. The standard InChI is InChI=1S/C20H30N4O2/c1-2-17-21-9-13-22(17)11-6-18(25)24-12-8-20(15-24)7-3-10-23(19(20)26)14-16-4-5-16/h9,13,16H,2-8,10-12,14-15H2,1H3/t20-/m0/s1. The zero-order valence-electron chi connectivity index (χ0n) is 15.8. The smallest absolute Gasteiger partial charge is 0.230 e. The predicted octanol–water partition coefficient (Wildman–Crippen LogP) is 2.09. The largest absolute Gasteiger partial charge is 0.342 e. The molecule has 1 aromatic rings. The molecule has 142 valence electrons. The van der Waals surface area contributed by atoms with Crippen LogP contribution >= 0.6 is 0 Å². The van der Waals surface area contributed by atoms with Crippen LogP contribution in [0.3, 0.4) is 0 Å². The van der Waals surface area contributed by atoms with Gasteiger partial charge in [0.15, 0.2) is 0 Å². The Hall–Kier alpha value is -1.85. The quantitative estimate of drug-likeness (QED) is 0.782. The summed E-state index contributed by atoms with van der Waals surface area (Å²) < 4.78 is 2.06. The molecule has 2 amide bonds. The molecule has 4 rings (SSSR count). The molecule has 1 atom stereocenters. The van der Waals surface area contributed by atoms with Crippen molar-refractivity contribution in [2.45, 2.75) is 58.4 Å². The van der Waals surface area contributed by atoms with Gasteiger partial charge in [-0.25, -0.2) is 4.98 Å². The first kappa shape index (κ1) is 17.6. The third kappa shape index (κ3) is 3.38. The van der Waals surface area contributed by atoms with Crippen LogP contribution in [-0.2, 0) is 22.6 Å². The fourth-order valence-corrected chi connectivity index (χ4v) is 4.63. The van der Waals surface area contributed by atoms with E-state index in [1.807, 2.05) is 11.1 Å². The van der Waals surface area contributed by atoms with Crippen LogP contribution in [0, 0.1) is 11.3 Å². The van der Waals surface area contributed by atoms with E-state index in [2.05, 4.69) is 21.4 Å². The van der Waals surface area contributed by atoms with Crippen LogP contribution in [0.5, 0.6) is 0 Å². The molecule has 3 aliphatic rings. The van der Waals surface area contributed by atoms with Gasteiger partial charge in [-0.05, 0) is 38.0 Å². The number of piperidine rings is 1. The summed E-state index contributed by atoms with van der Waals surface area (Å²) in [6.45, 7) is 5.95. The van der Waals surface area contributed by atoms with E-state index in [1.165, 1.54) is 12.8 Å². The van der Waals surface area contributed by atoms with E-state index in [9.17, 15) is 9.59 Å². The van der Waals surface area contributed by atoms with Crippen molar-refractivity contribution < 1.29 is 9.59 Å². The molecule has 6 heteroatoms. The van der Waals surface area contributed by atoms with Crippen molar-refractivity contribution in [2.75, 3.05) is 26.2 Å². The van der Waals surface area contributed by atoms with E-state index < -0.39 is 0 Å². The zero-order valence-corrected chi connectivity index (χ0v) is 15.8. The lowest BCUT2D eigenvalue weighted by molar-refractivity contribution is -0.146. The van der Waals surface area contributed by atoms with E-state index in [0.717, 1.165) is 57.1 Å². The third-order valence-corrected chi connectivity index (χ3v) is 6.39. The minimum absolute atomic E-state index is 0.171. The second-order valence-electron chi connectivity index (χ2n) is 8.28. The van der Waals surface area contributed by atoms with Crippen LogP contribution in [0.1, 0.15) is 51.3 Å². The molecule has 1 aliphatic carbocycles. The van der Waals surface area contributed by atoms with Crippen molar-refractivity contribution >= 4 is 11.8 Å². The number of amides is 2. The molecule has 1 aromatic heterocycles. The Morgan fingerprint density at radius 3 is 2.92 bits per heavy atom. The minimum atomic E-state index is -0.299. The number of rotatable bonds is 6. The minimum Gasteiger partial charge on any atom is -0.342 e. The van der Waals surface area contributed by atoms with E-state index >= 15 is 0 Å². The van der Waals surface area contributed by atoms with Crippen molar-refractivity contribution in [1.82, 2.24) is 19.4 Å². The van der Waals surface area contributed by atoms with Crippen LogP contribution in [0.2, 0.25) is 0 Å². The Kier molecular flexibility index (Phi) is 4.76. The molecule has 1 saturated carbocycles. The molecule has 26 heavy (non-hydrogen) atoms. The van der Waals surface area contributed by atoms with Gasteiger partial charge in [-0.15, -0.1) is 0 Å². The average Bonchev–Trinajstić information content (AvgIpc) is 3.18. The number of aromatic nitrogens is 2. The molecular formula is C20H30N4O2. The highest BCUT2D eigenvalue weighted by molar-refractivity contribution is 5.86. The summed E-state index contributed by atoms with van der Waals surface area (Å²) in [5.41, 5.74) is -0.299. The van der Waals surface area contributed by atoms with Gasteiger partial charge in [-0.3, -0.25) is 9.59 Å². The van der Waals surface area contributed by atoms with Crippen LogP contribution in [0.4, 0.5) is 0 Å². The van der Waals surface area contributed by atoms with Gasteiger partial charge in [-0.1, -0.05) is 6.92 Å². The number of likely N-dealkylation sites (tertiary alicyclic amines) is 2. The lowest BCUT2D eigenvalue weighted by Gasteiger charge is -2.39. The lowest BCUT2D eigenvalue weighted by Crippen LogP contribution is -2.51. The molecule has 2 aliphatic heterocycles. The van der Waals surface area contributed by atoms with Gasteiger partial charge in [0.1, 0.15) is 5.82 Å². The Labute approximate surface area is 155 Å². The fraction of sp³-hybridized carbons (Fsp3) is 0.750. The molecule has 0 aromatic carbocycles. The van der Waals surface area contributed by atoms with Gasteiger partial charge in [0.2, 0.25) is 11.8 Å². The number of carbonyl (C=O) groups excluding carboxylic acids is 2. The molecule has 0 unspecified atom stereocenters. The van der Waals surface area contributed by atoms with Crippen LogP contribution in [-0.4, -0.2) is 57.3 Å².